The van der Waals surface area contributed by atoms with Crippen LogP contribution in [0.4, 0.5) is 0 Å². The number of aromatic nitrogens is 1. The summed E-state index contributed by atoms with van der Waals surface area (Å²) in [6.07, 6.45) is 7.63. The molecular weight excluding hydrogens is 600 g/mol. The van der Waals surface area contributed by atoms with Crippen LogP contribution >= 0.6 is 0 Å². The van der Waals surface area contributed by atoms with Crippen LogP contribution in [0.2, 0.25) is 0 Å². The number of carboxylic acids is 1. The molecule has 2 aliphatic heterocycles. The van der Waals surface area contributed by atoms with Gasteiger partial charge in [-0.05, 0) is 70.3 Å². The zero-order chi connectivity index (χ0) is 34.1. The topological polar surface area (TPSA) is 132 Å². The number of benzene rings is 1. The van der Waals surface area contributed by atoms with E-state index in [-0.39, 0.29) is 55.3 Å². The van der Waals surface area contributed by atoms with Crippen LogP contribution < -0.4 is 9.47 Å². The number of pyridine rings is 1. The van der Waals surface area contributed by atoms with Gasteiger partial charge < -0.3 is 24.2 Å². The molecule has 1 saturated carbocycles. The molecule has 0 radical (unpaired) electrons. The number of rotatable bonds is 6. The number of fused-ring (bicyclic) bond motifs is 3. The number of carbonyl (C=O) groups excluding carboxylic acids is 3. The zero-order valence-corrected chi connectivity index (χ0v) is 28.4. The Bertz CT molecular complexity index is 1550. The van der Waals surface area contributed by atoms with Crippen LogP contribution in [0.1, 0.15) is 79.6 Å². The van der Waals surface area contributed by atoms with Gasteiger partial charge in [0, 0.05) is 23.6 Å². The van der Waals surface area contributed by atoms with E-state index in [2.05, 4.69) is 11.9 Å². The lowest BCUT2D eigenvalue weighted by Crippen LogP contribution is -2.47. The van der Waals surface area contributed by atoms with Crippen LogP contribution in [0.15, 0.2) is 42.6 Å². The number of methoxy groups -OCH3 is 1. The standard InChI is InChI=1S/C37H48N2O8/c1-22-11-7-8-12-24-18-37(24,35(43)44)19-30(40)29-16-25(46-33-27-14-10-9-13-26(27)31(45-6)20-38-33)21-39(29)34(42)28(23(2)15-22)17-32(41)47-36(3,4)5/h8-10,12-14,20,22-25,28-29H,7,11,15-19,21H2,1-6H3,(H,43,44)/b12-8-/t22?,23-,24-,25-,28+,29+,37-/m1/s1. The van der Waals surface area contributed by atoms with Gasteiger partial charge in [0.25, 0.3) is 0 Å². The first-order valence-electron chi connectivity index (χ1n) is 16.8. The van der Waals surface area contributed by atoms with Crippen molar-refractivity contribution < 1.29 is 38.5 Å². The van der Waals surface area contributed by atoms with Gasteiger partial charge in [-0.2, -0.15) is 0 Å². The third-order valence-corrected chi connectivity index (χ3v) is 9.97. The van der Waals surface area contributed by atoms with E-state index in [9.17, 15) is 24.3 Å². The van der Waals surface area contributed by atoms with Crippen molar-refractivity contribution in [2.24, 2.45) is 29.1 Å². The van der Waals surface area contributed by atoms with Gasteiger partial charge >= 0.3 is 11.9 Å². The number of carbonyl (C=O) groups is 4. The molecule has 1 saturated heterocycles. The predicted octanol–water partition coefficient (Wildman–Crippen LogP) is 6.00. The molecule has 47 heavy (non-hydrogen) atoms. The van der Waals surface area contributed by atoms with E-state index in [0.29, 0.717) is 24.5 Å². The second kappa shape index (κ2) is 13.6. The van der Waals surface area contributed by atoms with Crippen LogP contribution in [0, 0.1) is 29.1 Å². The number of allylic oxidation sites excluding steroid dienone is 2. The van der Waals surface area contributed by atoms with Crippen molar-refractivity contribution in [3.63, 3.8) is 0 Å². The molecule has 3 heterocycles. The maximum absolute atomic E-state index is 14.6. The van der Waals surface area contributed by atoms with Gasteiger partial charge in [-0.1, -0.05) is 44.2 Å². The molecule has 7 atom stereocenters. The summed E-state index contributed by atoms with van der Waals surface area (Å²) in [6.45, 7) is 9.60. The first kappa shape index (κ1) is 34.4. The monoisotopic (exact) mass is 648 g/mol. The van der Waals surface area contributed by atoms with Crippen molar-refractivity contribution in [3.8, 4) is 11.6 Å². The first-order valence-corrected chi connectivity index (χ1v) is 16.8. The minimum atomic E-state index is -1.18. The van der Waals surface area contributed by atoms with Gasteiger partial charge in [0.2, 0.25) is 11.8 Å². The number of amides is 1. The molecule has 1 N–H and O–H groups in total. The van der Waals surface area contributed by atoms with Crippen LogP contribution in [-0.4, -0.2) is 70.0 Å². The normalized spacial score (nSPS) is 30.8. The van der Waals surface area contributed by atoms with E-state index >= 15 is 0 Å². The van der Waals surface area contributed by atoms with Crippen LogP contribution in [0.3, 0.4) is 0 Å². The van der Waals surface area contributed by atoms with Gasteiger partial charge in [-0.25, -0.2) is 4.98 Å². The Morgan fingerprint density at radius 1 is 1.11 bits per heavy atom. The maximum Gasteiger partial charge on any atom is 0.310 e. The van der Waals surface area contributed by atoms with Gasteiger partial charge in [0.15, 0.2) is 5.78 Å². The Morgan fingerprint density at radius 2 is 1.83 bits per heavy atom. The molecule has 10 nitrogen and oxygen atoms in total. The second-order valence-corrected chi connectivity index (χ2v) is 14.8. The summed E-state index contributed by atoms with van der Waals surface area (Å²) in [5.74, 6) is -1.97. The zero-order valence-electron chi connectivity index (χ0n) is 28.4. The van der Waals surface area contributed by atoms with Crippen LogP contribution in [0.25, 0.3) is 10.8 Å². The molecule has 10 heteroatoms. The molecule has 1 aliphatic carbocycles. The predicted molar refractivity (Wildman–Crippen MR) is 176 cm³/mol. The van der Waals surface area contributed by atoms with Crippen molar-refractivity contribution in [3.05, 3.63) is 42.6 Å². The molecule has 0 spiro atoms. The SMILES string of the molecule is COc1cnc(O[C@@H]2C[C@H]3C(=O)C[C@]4(C(=O)O)C[C@H]4/C=C\CCC(C)C[C@@H](C)[C@H](CC(=O)OC(C)(C)C)C(=O)N3C2)c2ccccc12. The van der Waals surface area contributed by atoms with Gasteiger partial charge in [0.1, 0.15) is 17.5 Å². The third-order valence-electron chi connectivity index (χ3n) is 9.97. The molecule has 1 aromatic heterocycles. The number of ketones is 1. The van der Waals surface area contributed by atoms with E-state index in [4.69, 9.17) is 14.2 Å². The van der Waals surface area contributed by atoms with Crippen molar-refractivity contribution >= 4 is 34.4 Å². The highest BCUT2D eigenvalue weighted by molar-refractivity contribution is 5.96. The third kappa shape index (κ3) is 7.63. The molecule has 1 unspecified atom stereocenters. The van der Waals surface area contributed by atoms with Crippen molar-refractivity contribution in [2.45, 2.75) is 97.3 Å². The highest BCUT2D eigenvalue weighted by Gasteiger charge is 2.61. The summed E-state index contributed by atoms with van der Waals surface area (Å²) in [4.78, 5) is 60.4. The Hall–Kier alpha value is -3.95. The molecular formula is C37H48N2O8. The number of aliphatic carboxylic acids is 1. The molecule has 2 aromatic rings. The van der Waals surface area contributed by atoms with Gasteiger partial charge in [0.05, 0.1) is 43.6 Å². The minimum absolute atomic E-state index is 0.105. The van der Waals surface area contributed by atoms with Crippen LogP contribution in [-0.2, 0) is 23.9 Å². The number of hydrogen-bond acceptors (Lipinski definition) is 8. The summed E-state index contributed by atoms with van der Waals surface area (Å²) in [6, 6.07) is 6.65. The smallest absolute Gasteiger partial charge is 0.310 e. The lowest BCUT2D eigenvalue weighted by atomic mass is 9.82. The number of ether oxygens (including phenoxy) is 3. The van der Waals surface area contributed by atoms with E-state index in [0.717, 1.165) is 23.6 Å². The molecule has 2 fully saturated rings. The fourth-order valence-electron chi connectivity index (χ4n) is 7.39. The van der Waals surface area contributed by atoms with E-state index < -0.39 is 41.0 Å². The summed E-state index contributed by atoms with van der Waals surface area (Å²) in [7, 11) is 1.57. The Labute approximate surface area is 276 Å². The fourth-order valence-corrected chi connectivity index (χ4v) is 7.39. The van der Waals surface area contributed by atoms with Crippen molar-refractivity contribution in [2.75, 3.05) is 13.7 Å². The fraction of sp³-hybridized carbons (Fsp3) is 0.595. The van der Waals surface area contributed by atoms with Crippen molar-refractivity contribution in [1.82, 2.24) is 9.88 Å². The van der Waals surface area contributed by atoms with Crippen LogP contribution in [0.5, 0.6) is 11.6 Å². The number of hydrogen-bond donors (Lipinski definition) is 1. The average Bonchev–Trinajstić information content (AvgIpc) is 3.54. The maximum atomic E-state index is 14.6. The summed E-state index contributed by atoms with van der Waals surface area (Å²) in [5.41, 5.74) is -1.89. The van der Waals surface area contributed by atoms with Gasteiger partial charge in [-0.3, -0.25) is 19.2 Å². The summed E-state index contributed by atoms with van der Waals surface area (Å²) in [5, 5.41) is 11.8. The van der Waals surface area contributed by atoms with E-state index in [1.165, 1.54) is 4.90 Å². The number of esters is 1. The minimum Gasteiger partial charge on any atom is -0.494 e. The Kier molecular flexibility index (Phi) is 9.99. The number of carboxylic acid groups (broad SMARTS) is 1. The quantitative estimate of drug-likeness (QED) is 0.296. The molecule has 0 bridgehead atoms. The van der Waals surface area contributed by atoms with E-state index in [1.807, 2.05) is 43.3 Å². The molecule has 1 aromatic carbocycles. The second-order valence-electron chi connectivity index (χ2n) is 14.8. The van der Waals surface area contributed by atoms with E-state index in [1.54, 1.807) is 34.1 Å². The highest BCUT2D eigenvalue weighted by Crippen LogP contribution is 2.57. The highest BCUT2D eigenvalue weighted by atomic mass is 16.6. The molecule has 3 aliphatic rings. The average molecular weight is 649 g/mol. The largest absolute Gasteiger partial charge is 0.494 e. The Morgan fingerprint density at radius 3 is 2.51 bits per heavy atom. The summed E-state index contributed by atoms with van der Waals surface area (Å²) < 4.78 is 17.6. The molecule has 1 amide bonds. The summed E-state index contributed by atoms with van der Waals surface area (Å²) >= 11 is 0. The Balaban J connectivity index is 1.49. The number of nitrogens with zero attached hydrogens (tertiary/aromatic N) is 2. The number of Topliss-reactive ketones (excluding diaryl/α,β-unsaturated/α-hetero) is 1. The van der Waals surface area contributed by atoms with Crippen molar-refractivity contribution in [1.29, 1.82) is 0 Å². The lowest BCUT2D eigenvalue weighted by molar-refractivity contribution is -0.160. The lowest BCUT2D eigenvalue weighted by Gasteiger charge is -2.32. The van der Waals surface area contributed by atoms with Gasteiger partial charge in [-0.15, -0.1) is 0 Å². The molecule has 5 rings (SSSR count). The first-order chi connectivity index (χ1) is 22.2. The molecule has 254 valence electrons.